The Labute approximate surface area is 387 Å². The van der Waals surface area contributed by atoms with Gasteiger partial charge in [0.05, 0.1) is 11.0 Å². The average Bonchev–Trinajstić information content (AvgIpc) is 3.74. The first-order chi connectivity index (χ1) is 33.2. The van der Waals surface area contributed by atoms with E-state index < -0.39 is 0 Å². The maximum atomic E-state index is 5.36. The summed E-state index contributed by atoms with van der Waals surface area (Å²) in [5, 5.41) is 9.83. The summed E-state index contributed by atoms with van der Waals surface area (Å²) in [6, 6.07) is 86.4. The highest BCUT2D eigenvalue weighted by molar-refractivity contribution is 6.20. The molecule has 67 heavy (non-hydrogen) atoms. The van der Waals surface area contributed by atoms with Crippen molar-refractivity contribution in [3.05, 3.63) is 243 Å². The Morgan fingerprint density at radius 2 is 0.761 bits per heavy atom. The summed E-state index contributed by atoms with van der Waals surface area (Å²) >= 11 is 0. The van der Waals surface area contributed by atoms with Gasteiger partial charge in [-0.1, -0.05) is 212 Å². The minimum atomic E-state index is 0.609. The first-order valence-electron chi connectivity index (χ1n) is 22.8. The molecule has 312 valence electrons. The van der Waals surface area contributed by atoms with Gasteiger partial charge in [-0.25, -0.2) is 15.0 Å². The van der Waals surface area contributed by atoms with Gasteiger partial charge >= 0.3 is 0 Å². The number of nitrogens with zero attached hydrogens (tertiary/aromatic N) is 4. The summed E-state index contributed by atoms with van der Waals surface area (Å²) in [5.41, 5.74) is 12.8. The maximum absolute atomic E-state index is 5.36. The SMILES string of the molecule is c1ccc(-c2ccccc2-c2nc(-c3ccc(-c4c5ccccc5cc5c4ccc4ccccc45)cc3)nc(-c3ccccc3-c3ccc4c5ccccc5n(-c5ccccc5)c4c3)n2)cc1. The van der Waals surface area contributed by atoms with Crippen molar-refractivity contribution in [3.63, 3.8) is 0 Å². The molecule has 0 atom stereocenters. The van der Waals surface area contributed by atoms with Crippen molar-refractivity contribution in [2.75, 3.05) is 0 Å². The van der Waals surface area contributed by atoms with E-state index in [1.807, 2.05) is 6.07 Å². The molecule has 2 aromatic heterocycles. The minimum Gasteiger partial charge on any atom is -0.309 e. The van der Waals surface area contributed by atoms with Crippen LogP contribution in [0.1, 0.15) is 0 Å². The fourth-order valence-electron chi connectivity index (χ4n) is 10.1. The van der Waals surface area contributed by atoms with Gasteiger partial charge in [-0.3, -0.25) is 0 Å². The molecule has 0 spiro atoms. The van der Waals surface area contributed by atoms with Crippen LogP contribution in [-0.2, 0) is 0 Å². The van der Waals surface area contributed by atoms with E-state index >= 15 is 0 Å². The van der Waals surface area contributed by atoms with Crippen molar-refractivity contribution in [2.45, 2.75) is 0 Å². The molecule has 2 heterocycles. The molecule has 4 heteroatoms. The third kappa shape index (κ3) is 6.57. The lowest BCUT2D eigenvalue weighted by molar-refractivity contribution is 1.07. The van der Waals surface area contributed by atoms with Gasteiger partial charge in [0.15, 0.2) is 17.5 Å². The second kappa shape index (κ2) is 15.9. The Balaban J connectivity index is 0.995. The smallest absolute Gasteiger partial charge is 0.164 e. The van der Waals surface area contributed by atoms with Crippen LogP contribution < -0.4 is 0 Å². The van der Waals surface area contributed by atoms with E-state index in [0.717, 1.165) is 55.7 Å². The van der Waals surface area contributed by atoms with Crippen LogP contribution in [0.2, 0.25) is 0 Å². The van der Waals surface area contributed by atoms with Crippen molar-refractivity contribution in [2.24, 2.45) is 0 Å². The molecule has 0 saturated carbocycles. The molecule has 13 rings (SSSR count). The van der Waals surface area contributed by atoms with Gasteiger partial charge in [-0.15, -0.1) is 0 Å². The van der Waals surface area contributed by atoms with Crippen molar-refractivity contribution in [1.82, 2.24) is 19.5 Å². The summed E-state index contributed by atoms with van der Waals surface area (Å²) in [6.07, 6.45) is 0. The highest BCUT2D eigenvalue weighted by atomic mass is 15.0. The molecule has 13 aromatic rings. The number of aromatic nitrogens is 4. The summed E-state index contributed by atoms with van der Waals surface area (Å²) < 4.78 is 2.36. The number of rotatable bonds is 7. The molecule has 0 radical (unpaired) electrons. The lowest BCUT2D eigenvalue weighted by atomic mass is 9.89. The van der Waals surface area contributed by atoms with Gasteiger partial charge in [0.1, 0.15) is 0 Å². The van der Waals surface area contributed by atoms with Gasteiger partial charge in [0.25, 0.3) is 0 Å². The van der Waals surface area contributed by atoms with Crippen molar-refractivity contribution >= 4 is 54.1 Å². The van der Waals surface area contributed by atoms with Gasteiger partial charge in [0, 0.05) is 33.2 Å². The molecular formula is C63H40N4. The zero-order chi connectivity index (χ0) is 44.3. The maximum Gasteiger partial charge on any atom is 0.164 e. The molecule has 0 amide bonds. The van der Waals surface area contributed by atoms with Crippen molar-refractivity contribution in [3.8, 4) is 73.2 Å². The summed E-state index contributed by atoms with van der Waals surface area (Å²) in [7, 11) is 0. The molecule has 11 aromatic carbocycles. The Hall–Kier alpha value is -8.99. The first-order valence-corrected chi connectivity index (χ1v) is 22.8. The molecule has 0 N–H and O–H groups in total. The average molecular weight is 853 g/mol. The Kier molecular flexibility index (Phi) is 9.14. The van der Waals surface area contributed by atoms with Gasteiger partial charge in [-0.05, 0) is 96.0 Å². The third-order valence-electron chi connectivity index (χ3n) is 13.3. The van der Waals surface area contributed by atoms with Gasteiger partial charge in [-0.2, -0.15) is 0 Å². The van der Waals surface area contributed by atoms with E-state index in [1.54, 1.807) is 0 Å². The standard InChI is InChI=1S/C63H40N4/c1-3-17-41(18-4-1)48-23-11-13-28-55(48)62-64-61(44-33-31-43(32-34-44)60-51-26-10-8-20-45(51)39-57-49-24-9-7-19-42(49)35-38-54(57)60)65-63(66-62)56-29-14-12-25-50(56)46-36-37-53-52-27-15-16-30-58(52)67(59(53)40-46)47-21-5-2-6-22-47/h1-40H. The Morgan fingerprint density at radius 1 is 0.254 bits per heavy atom. The van der Waals surface area contributed by atoms with E-state index in [0.29, 0.717) is 17.5 Å². The fourth-order valence-corrected chi connectivity index (χ4v) is 10.1. The van der Waals surface area contributed by atoms with Crippen LogP contribution in [0.3, 0.4) is 0 Å². The van der Waals surface area contributed by atoms with Crippen LogP contribution >= 0.6 is 0 Å². The van der Waals surface area contributed by atoms with Crippen LogP contribution in [-0.4, -0.2) is 19.5 Å². The van der Waals surface area contributed by atoms with Crippen LogP contribution in [0.25, 0.3) is 127 Å². The molecule has 0 fully saturated rings. The molecule has 4 nitrogen and oxygen atoms in total. The molecular weight excluding hydrogens is 813 g/mol. The monoisotopic (exact) mass is 852 g/mol. The second-order valence-electron chi connectivity index (χ2n) is 17.1. The van der Waals surface area contributed by atoms with Gasteiger partial charge in [0.2, 0.25) is 0 Å². The molecule has 0 bridgehead atoms. The molecule has 0 unspecified atom stereocenters. The lowest BCUT2D eigenvalue weighted by Gasteiger charge is -2.15. The summed E-state index contributed by atoms with van der Waals surface area (Å²) in [4.78, 5) is 16.0. The minimum absolute atomic E-state index is 0.609. The number of hydrogen-bond donors (Lipinski definition) is 0. The Morgan fingerprint density at radius 3 is 1.49 bits per heavy atom. The fraction of sp³-hybridized carbons (Fsp3) is 0. The number of hydrogen-bond acceptors (Lipinski definition) is 3. The molecule has 0 saturated heterocycles. The van der Waals surface area contributed by atoms with Crippen LogP contribution in [0.4, 0.5) is 0 Å². The van der Waals surface area contributed by atoms with E-state index in [-0.39, 0.29) is 0 Å². The van der Waals surface area contributed by atoms with E-state index in [4.69, 9.17) is 15.0 Å². The van der Waals surface area contributed by atoms with Gasteiger partial charge < -0.3 is 4.57 Å². The van der Waals surface area contributed by atoms with Crippen LogP contribution in [0.15, 0.2) is 243 Å². The molecule has 0 aliphatic carbocycles. The first kappa shape index (κ1) is 38.5. The topological polar surface area (TPSA) is 43.6 Å². The second-order valence-corrected chi connectivity index (χ2v) is 17.1. The zero-order valence-electron chi connectivity index (χ0n) is 36.4. The van der Waals surface area contributed by atoms with Crippen molar-refractivity contribution < 1.29 is 0 Å². The predicted molar refractivity (Wildman–Crippen MR) is 279 cm³/mol. The van der Waals surface area contributed by atoms with E-state index in [2.05, 4.69) is 241 Å². The van der Waals surface area contributed by atoms with Crippen molar-refractivity contribution in [1.29, 1.82) is 0 Å². The largest absolute Gasteiger partial charge is 0.309 e. The third-order valence-corrected chi connectivity index (χ3v) is 13.3. The lowest BCUT2D eigenvalue weighted by Crippen LogP contribution is -2.02. The molecule has 0 aliphatic heterocycles. The highest BCUT2D eigenvalue weighted by Crippen LogP contribution is 2.42. The molecule has 0 aliphatic rings. The number of para-hydroxylation sites is 2. The summed E-state index contributed by atoms with van der Waals surface area (Å²) in [6.45, 7) is 0. The van der Waals surface area contributed by atoms with Crippen LogP contribution in [0, 0.1) is 0 Å². The highest BCUT2D eigenvalue weighted by Gasteiger charge is 2.20. The summed E-state index contributed by atoms with van der Waals surface area (Å²) in [5.74, 6) is 1.83. The Bertz CT molecular complexity index is 4020. The predicted octanol–water partition coefficient (Wildman–Crippen LogP) is 16.4. The van der Waals surface area contributed by atoms with E-state index in [9.17, 15) is 0 Å². The zero-order valence-corrected chi connectivity index (χ0v) is 36.4. The van der Waals surface area contributed by atoms with Crippen LogP contribution in [0.5, 0.6) is 0 Å². The normalized spacial score (nSPS) is 11.6. The quantitative estimate of drug-likeness (QED) is 0.118. The number of benzene rings is 11. The number of fused-ring (bicyclic) bond motifs is 7. The van der Waals surface area contributed by atoms with E-state index in [1.165, 1.54) is 54.2 Å².